The Morgan fingerprint density at radius 2 is 2.18 bits per heavy atom. The van der Waals surface area contributed by atoms with Crippen LogP contribution in [0, 0.1) is 5.41 Å². The van der Waals surface area contributed by atoms with Crippen LogP contribution in [-0.4, -0.2) is 11.1 Å². The summed E-state index contributed by atoms with van der Waals surface area (Å²) >= 11 is 5.19. The number of halogens is 1. The molecule has 4 heteroatoms. The summed E-state index contributed by atoms with van der Waals surface area (Å²) in [6.07, 6.45) is 0.547. The zero-order valence-electron chi connectivity index (χ0n) is 9.66. The third-order valence-electron chi connectivity index (χ3n) is 2.84. The normalized spacial score (nSPS) is 11.9. The molecule has 0 saturated heterocycles. The molecule has 0 atom stereocenters. The lowest BCUT2D eigenvalue weighted by molar-refractivity contribution is -0.146. The van der Waals surface area contributed by atoms with Crippen molar-refractivity contribution >= 4 is 43.3 Å². The van der Waals surface area contributed by atoms with Gasteiger partial charge in [-0.05, 0) is 43.3 Å². The van der Waals surface area contributed by atoms with E-state index in [2.05, 4.69) is 27.4 Å². The van der Waals surface area contributed by atoms with Crippen LogP contribution in [0.5, 0.6) is 0 Å². The van der Waals surface area contributed by atoms with E-state index in [1.165, 1.54) is 4.70 Å². The number of hydrogen-bond acceptors (Lipinski definition) is 2. The molecular formula is C13H13BrO2S. The Kier molecular flexibility index (Phi) is 3.27. The van der Waals surface area contributed by atoms with Gasteiger partial charge in [0.05, 0.1) is 5.41 Å². The van der Waals surface area contributed by atoms with Crippen LogP contribution in [0.25, 0.3) is 10.1 Å². The van der Waals surface area contributed by atoms with E-state index in [0.29, 0.717) is 6.42 Å². The molecule has 0 fully saturated rings. The van der Waals surface area contributed by atoms with Crippen molar-refractivity contribution in [1.29, 1.82) is 0 Å². The van der Waals surface area contributed by atoms with Gasteiger partial charge in [-0.15, -0.1) is 11.3 Å². The first-order valence-corrected chi connectivity index (χ1v) is 6.97. The minimum Gasteiger partial charge on any atom is -0.481 e. The number of fused-ring (bicyclic) bond motifs is 1. The average Bonchev–Trinajstić information content (AvgIpc) is 2.62. The molecule has 1 aromatic heterocycles. The topological polar surface area (TPSA) is 37.3 Å². The van der Waals surface area contributed by atoms with Crippen molar-refractivity contribution in [2.45, 2.75) is 20.3 Å². The zero-order valence-corrected chi connectivity index (χ0v) is 12.1. The first-order valence-electron chi connectivity index (χ1n) is 5.30. The predicted molar refractivity (Wildman–Crippen MR) is 74.6 cm³/mol. The SMILES string of the molecule is CC(C)(Cc1csc2cccc(Br)c12)C(=O)O. The summed E-state index contributed by atoms with van der Waals surface area (Å²) in [6, 6.07) is 6.05. The lowest BCUT2D eigenvalue weighted by Gasteiger charge is -2.18. The van der Waals surface area contributed by atoms with E-state index in [1.807, 2.05) is 12.1 Å². The molecule has 0 saturated carbocycles. The maximum Gasteiger partial charge on any atom is 0.309 e. The van der Waals surface area contributed by atoms with Gasteiger partial charge in [-0.25, -0.2) is 0 Å². The second-order valence-corrected chi connectivity index (χ2v) is 6.51. The summed E-state index contributed by atoms with van der Waals surface area (Å²) < 4.78 is 2.23. The monoisotopic (exact) mass is 312 g/mol. The van der Waals surface area contributed by atoms with Gasteiger partial charge in [0, 0.05) is 14.6 Å². The van der Waals surface area contributed by atoms with Crippen LogP contribution in [-0.2, 0) is 11.2 Å². The van der Waals surface area contributed by atoms with Gasteiger partial charge in [0.2, 0.25) is 0 Å². The quantitative estimate of drug-likeness (QED) is 0.916. The van der Waals surface area contributed by atoms with Crippen LogP contribution in [0.2, 0.25) is 0 Å². The molecule has 90 valence electrons. The van der Waals surface area contributed by atoms with Crippen molar-refractivity contribution in [1.82, 2.24) is 0 Å². The summed E-state index contributed by atoms with van der Waals surface area (Å²) in [6.45, 7) is 3.52. The first-order chi connectivity index (χ1) is 7.92. The zero-order chi connectivity index (χ0) is 12.6. The van der Waals surface area contributed by atoms with Crippen molar-refractivity contribution in [2.75, 3.05) is 0 Å². The summed E-state index contributed by atoms with van der Waals surface area (Å²) in [4.78, 5) is 11.2. The Morgan fingerprint density at radius 3 is 2.82 bits per heavy atom. The Balaban J connectivity index is 2.47. The van der Waals surface area contributed by atoms with Gasteiger partial charge in [-0.3, -0.25) is 4.79 Å². The van der Waals surface area contributed by atoms with Gasteiger partial charge in [-0.1, -0.05) is 22.0 Å². The molecule has 1 aromatic carbocycles. The van der Waals surface area contributed by atoms with Crippen LogP contribution in [0.1, 0.15) is 19.4 Å². The van der Waals surface area contributed by atoms with Crippen LogP contribution >= 0.6 is 27.3 Å². The molecule has 0 aliphatic heterocycles. The van der Waals surface area contributed by atoms with Crippen LogP contribution < -0.4 is 0 Å². The van der Waals surface area contributed by atoms with E-state index in [9.17, 15) is 9.90 Å². The maximum absolute atomic E-state index is 11.2. The highest BCUT2D eigenvalue weighted by Crippen LogP contribution is 2.35. The molecule has 0 amide bonds. The number of aliphatic carboxylic acids is 1. The Hall–Kier alpha value is -0.870. The fourth-order valence-electron chi connectivity index (χ4n) is 1.79. The standard InChI is InChI=1S/C13H13BrO2S/c1-13(2,12(15)16)6-8-7-17-10-5-3-4-9(14)11(8)10/h3-5,7H,6H2,1-2H3,(H,15,16). The van der Waals surface area contributed by atoms with Crippen molar-refractivity contribution in [3.8, 4) is 0 Å². The van der Waals surface area contributed by atoms with E-state index in [0.717, 1.165) is 15.4 Å². The van der Waals surface area contributed by atoms with Gasteiger partial charge in [0.15, 0.2) is 0 Å². The molecule has 17 heavy (non-hydrogen) atoms. The third kappa shape index (κ3) is 2.38. The van der Waals surface area contributed by atoms with Crippen LogP contribution in [0.4, 0.5) is 0 Å². The van der Waals surface area contributed by atoms with Gasteiger partial charge in [-0.2, -0.15) is 0 Å². The van der Waals surface area contributed by atoms with Crippen molar-refractivity contribution in [3.05, 3.63) is 33.6 Å². The smallest absolute Gasteiger partial charge is 0.309 e. The van der Waals surface area contributed by atoms with Crippen molar-refractivity contribution < 1.29 is 9.90 Å². The summed E-state index contributed by atoms with van der Waals surface area (Å²) in [5.41, 5.74) is 0.369. The van der Waals surface area contributed by atoms with E-state index in [1.54, 1.807) is 25.2 Å². The number of carbonyl (C=O) groups is 1. The van der Waals surface area contributed by atoms with Gasteiger partial charge in [0.25, 0.3) is 0 Å². The molecule has 1 heterocycles. The predicted octanol–water partition coefficient (Wildman–Crippen LogP) is 4.32. The summed E-state index contributed by atoms with van der Waals surface area (Å²) in [5.74, 6) is -0.760. The van der Waals surface area contributed by atoms with Crippen LogP contribution in [0.3, 0.4) is 0 Å². The number of rotatable bonds is 3. The molecule has 0 aliphatic carbocycles. The molecular weight excluding hydrogens is 300 g/mol. The number of benzene rings is 1. The number of carboxylic acid groups (broad SMARTS) is 1. The van der Waals surface area contributed by atoms with E-state index in [-0.39, 0.29) is 0 Å². The van der Waals surface area contributed by atoms with Crippen molar-refractivity contribution in [2.24, 2.45) is 5.41 Å². The third-order valence-corrected chi connectivity index (χ3v) is 4.49. The molecule has 2 nitrogen and oxygen atoms in total. The molecule has 1 N–H and O–H groups in total. The van der Waals surface area contributed by atoms with E-state index >= 15 is 0 Å². The summed E-state index contributed by atoms with van der Waals surface area (Å²) in [5, 5.41) is 12.4. The Labute approximate surface area is 112 Å². The number of carboxylic acids is 1. The lowest BCUT2D eigenvalue weighted by atomic mass is 9.86. The van der Waals surface area contributed by atoms with Crippen LogP contribution in [0.15, 0.2) is 28.1 Å². The second kappa shape index (κ2) is 4.42. The maximum atomic E-state index is 11.2. The molecule has 0 aliphatic rings. The summed E-state index contributed by atoms with van der Waals surface area (Å²) in [7, 11) is 0. The minimum absolute atomic E-state index is 0.547. The van der Waals surface area contributed by atoms with Crippen molar-refractivity contribution in [3.63, 3.8) is 0 Å². The minimum atomic E-state index is -0.760. The fraction of sp³-hybridized carbons (Fsp3) is 0.308. The second-order valence-electron chi connectivity index (χ2n) is 4.74. The Morgan fingerprint density at radius 1 is 1.47 bits per heavy atom. The molecule has 2 aromatic rings. The highest BCUT2D eigenvalue weighted by Gasteiger charge is 2.28. The van der Waals surface area contributed by atoms with Gasteiger partial charge >= 0.3 is 5.97 Å². The molecule has 0 bridgehead atoms. The number of hydrogen-bond donors (Lipinski definition) is 1. The lowest BCUT2D eigenvalue weighted by Crippen LogP contribution is -2.26. The Bertz CT molecular complexity index is 572. The van der Waals surface area contributed by atoms with E-state index < -0.39 is 11.4 Å². The average molecular weight is 313 g/mol. The van der Waals surface area contributed by atoms with Gasteiger partial charge < -0.3 is 5.11 Å². The largest absolute Gasteiger partial charge is 0.481 e. The highest BCUT2D eigenvalue weighted by molar-refractivity contribution is 9.10. The molecule has 0 spiro atoms. The highest BCUT2D eigenvalue weighted by atomic mass is 79.9. The fourth-order valence-corrected chi connectivity index (χ4v) is 3.53. The molecule has 2 rings (SSSR count). The first kappa shape index (κ1) is 12.6. The van der Waals surface area contributed by atoms with Gasteiger partial charge in [0.1, 0.15) is 0 Å². The molecule has 0 unspecified atom stereocenters. The number of thiophene rings is 1. The molecule has 0 radical (unpaired) electrons. The van der Waals surface area contributed by atoms with E-state index in [4.69, 9.17) is 0 Å².